The third-order valence-corrected chi connectivity index (χ3v) is 4.55. The molecule has 0 saturated carbocycles. The molecule has 0 aliphatic carbocycles. The van der Waals surface area contributed by atoms with Crippen LogP contribution in [-0.4, -0.2) is 24.4 Å². The van der Waals surface area contributed by atoms with Crippen molar-refractivity contribution in [1.29, 1.82) is 0 Å². The number of aryl methyl sites for hydroxylation is 1. The molecule has 0 heterocycles. The minimum atomic E-state index is -0.333. The van der Waals surface area contributed by atoms with Crippen LogP contribution in [0.4, 0.5) is 0 Å². The van der Waals surface area contributed by atoms with Gasteiger partial charge in [-0.1, -0.05) is 29.8 Å². The van der Waals surface area contributed by atoms with E-state index in [0.29, 0.717) is 24.7 Å². The molecule has 136 valence electrons. The summed E-state index contributed by atoms with van der Waals surface area (Å²) in [5.74, 6) is 1.37. The Labute approximate surface area is 158 Å². The summed E-state index contributed by atoms with van der Waals surface area (Å²) in [6, 6.07) is 12.2. The lowest BCUT2D eigenvalue weighted by molar-refractivity contribution is 0.187. The number of aliphatic hydroxyl groups excluding tert-OH is 1. The van der Waals surface area contributed by atoms with Crippen molar-refractivity contribution in [2.24, 2.45) is 0 Å². The van der Waals surface area contributed by atoms with Crippen LogP contribution in [0.25, 0.3) is 0 Å². The number of benzene rings is 2. The molecule has 25 heavy (non-hydrogen) atoms. The molecule has 5 heteroatoms. The van der Waals surface area contributed by atoms with Gasteiger partial charge in [-0.05, 0) is 60.0 Å². The summed E-state index contributed by atoms with van der Waals surface area (Å²) < 4.78 is 12.3. The molecule has 2 aromatic carbocycles. The fraction of sp³-hybridized carbons (Fsp3) is 0.400. The minimum Gasteiger partial charge on any atom is -0.493 e. The number of hydrogen-bond acceptors (Lipinski definition) is 4. The van der Waals surface area contributed by atoms with E-state index in [2.05, 4.69) is 52.4 Å². The van der Waals surface area contributed by atoms with Crippen molar-refractivity contribution in [3.8, 4) is 11.5 Å². The Balaban J connectivity index is 2.11. The number of methoxy groups -OCH3 is 1. The van der Waals surface area contributed by atoms with Gasteiger partial charge in [-0.2, -0.15) is 0 Å². The molecule has 2 N–H and O–H groups in total. The molecule has 0 amide bonds. The first-order valence-corrected chi connectivity index (χ1v) is 9.04. The second-order valence-corrected chi connectivity index (χ2v) is 7.63. The van der Waals surface area contributed by atoms with Crippen molar-refractivity contribution in [1.82, 2.24) is 5.32 Å². The van der Waals surface area contributed by atoms with Crippen LogP contribution < -0.4 is 14.8 Å². The first-order valence-electron chi connectivity index (χ1n) is 8.25. The van der Waals surface area contributed by atoms with Gasteiger partial charge in [0.15, 0.2) is 11.5 Å². The van der Waals surface area contributed by atoms with Gasteiger partial charge in [0.1, 0.15) is 6.61 Å². The lowest BCUT2D eigenvalue weighted by atomic mass is 10.1. The lowest BCUT2D eigenvalue weighted by Gasteiger charge is -2.24. The Morgan fingerprint density at radius 2 is 1.80 bits per heavy atom. The van der Waals surface area contributed by atoms with Gasteiger partial charge >= 0.3 is 0 Å². The third kappa shape index (κ3) is 5.73. The average Bonchev–Trinajstić information content (AvgIpc) is 2.60. The highest BCUT2D eigenvalue weighted by atomic mass is 79.9. The number of hydrogen-bond donors (Lipinski definition) is 2. The molecule has 0 fully saturated rings. The fourth-order valence-electron chi connectivity index (χ4n) is 2.25. The zero-order chi connectivity index (χ0) is 18.4. The SMILES string of the molecule is COc1cc(CNC(C)(C)CO)cc(Br)c1OCc1ccc(C)cc1. The van der Waals surface area contributed by atoms with Crippen molar-refractivity contribution < 1.29 is 14.6 Å². The van der Waals surface area contributed by atoms with E-state index in [1.54, 1.807) is 7.11 Å². The maximum Gasteiger partial charge on any atom is 0.175 e. The van der Waals surface area contributed by atoms with Gasteiger partial charge in [0.25, 0.3) is 0 Å². The molecular formula is C20H26BrNO3. The highest BCUT2D eigenvalue weighted by molar-refractivity contribution is 9.10. The van der Waals surface area contributed by atoms with Crippen molar-refractivity contribution in [3.63, 3.8) is 0 Å². The number of aliphatic hydroxyl groups is 1. The van der Waals surface area contributed by atoms with Crippen molar-refractivity contribution in [2.75, 3.05) is 13.7 Å². The Kier molecular flexibility index (Phi) is 6.87. The van der Waals surface area contributed by atoms with Gasteiger partial charge < -0.3 is 19.9 Å². The van der Waals surface area contributed by atoms with Gasteiger partial charge in [0.05, 0.1) is 18.2 Å². The second kappa shape index (κ2) is 8.70. The van der Waals surface area contributed by atoms with Crippen LogP contribution in [0.2, 0.25) is 0 Å². The van der Waals surface area contributed by atoms with E-state index >= 15 is 0 Å². The molecule has 0 aliphatic rings. The maximum atomic E-state index is 9.35. The standard InChI is InChI=1S/C20H26BrNO3/c1-14-5-7-15(8-6-14)12-25-19-17(21)9-16(10-18(19)24-4)11-22-20(2,3)13-23/h5-10,22-23H,11-13H2,1-4H3. The fourth-order valence-corrected chi connectivity index (χ4v) is 2.86. The number of ether oxygens (including phenoxy) is 2. The van der Waals surface area contributed by atoms with Crippen molar-refractivity contribution >= 4 is 15.9 Å². The Morgan fingerprint density at radius 1 is 1.12 bits per heavy atom. The molecule has 0 saturated heterocycles. The summed E-state index contributed by atoms with van der Waals surface area (Å²) in [5, 5.41) is 12.7. The molecule has 4 nitrogen and oxygen atoms in total. The smallest absolute Gasteiger partial charge is 0.175 e. The Bertz CT molecular complexity index is 699. The van der Waals surface area contributed by atoms with Crippen molar-refractivity contribution in [3.05, 3.63) is 57.6 Å². The molecule has 0 radical (unpaired) electrons. The number of rotatable bonds is 8. The molecule has 2 aromatic rings. The highest BCUT2D eigenvalue weighted by Crippen LogP contribution is 2.37. The molecule has 0 unspecified atom stereocenters. The van der Waals surface area contributed by atoms with Crippen LogP contribution >= 0.6 is 15.9 Å². The Morgan fingerprint density at radius 3 is 2.40 bits per heavy atom. The van der Waals surface area contributed by atoms with Crippen LogP contribution in [-0.2, 0) is 13.2 Å². The molecule has 0 aromatic heterocycles. The van der Waals surface area contributed by atoms with E-state index in [1.807, 2.05) is 26.0 Å². The van der Waals surface area contributed by atoms with E-state index in [-0.39, 0.29) is 12.1 Å². The molecule has 0 atom stereocenters. The average molecular weight is 408 g/mol. The Hall–Kier alpha value is -1.56. The van der Waals surface area contributed by atoms with E-state index < -0.39 is 0 Å². The number of halogens is 1. The van der Waals surface area contributed by atoms with Gasteiger partial charge in [-0.3, -0.25) is 0 Å². The van der Waals surface area contributed by atoms with Crippen LogP contribution in [0.5, 0.6) is 11.5 Å². The largest absolute Gasteiger partial charge is 0.493 e. The van der Waals surface area contributed by atoms with Gasteiger partial charge in [-0.15, -0.1) is 0 Å². The van der Waals surface area contributed by atoms with E-state index in [0.717, 1.165) is 15.6 Å². The van der Waals surface area contributed by atoms with E-state index in [1.165, 1.54) is 5.56 Å². The van der Waals surface area contributed by atoms with Gasteiger partial charge in [-0.25, -0.2) is 0 Å². The van der Waals surface area contributed by atoms with Gasteiger partial charge in [0.2, 0.25) is 0 Å². The summed E-state index contributed by atoms with van der Waals surface area (Å²) in [6.45, 7) is 7.15. The molecule has 0 spiro atoms. The highest BCUT2D eigenvalue weighted by Gasteiger charge is 2.17. The second-order valence-electron chi connectivity index (χ2n) is 6.78. The van der Waals surface area contributed by atoms with Crippen LogP contribution in [0.1, 0.15) is 30.5 Å². The summed E-state index contributed by atoms with van der Waals surface area (Å²) in [4.78, 5) is 0. The summed E-state index contributed by atoms with van der Waals surface area (Å²) in [6.07, 6.45) is 0. The van der Waals surface area contributed by atoms with Crippen molar-refractivity contribution in [2.45, 2.75) is 39.5 Å². The first-order chi connectivity index (χ1) is 11.8. The minimum absolute atomic E-state index is 0.0725. The molecule has 2 rings (SSSR count). The third-order valence-electron chi connectivity index (χ3n) is 3.96. The predicted molar refractivity (Wildman–Crippen MR) is 104 cm³/mol. The first kappa shape index (κ1) is 19.8. The summed E-state index contributed by atoms with van der Waals surface area (Å²) >= 11 is 3.58. The van der Waals surface area contributed by atoms with Crippen LogP contribution in [0, 0.1) is 6.92 Å². The van der Waals surface area contributed by atoms with Crippen LogP contribution in [0.3, 0.4) is 0 Å². The summed E-state index contributed by atoms with van der Waals surface area (Å²) in [5.41, 5.74) is 3.05. The monoisotopic (exact) mass is 407 g/mol. The maximum absolute atomic E-state index is 9.35. The zero-order valence-electron chi connectivity index (χ0n) is 15.2. The normalized spacial score (nSPS) is 11.4. The molecular weight excluding hydrogens is 382 g/mol. The lowest BCUT2D eigenvalue weighted by Crippen LogP contribution is -2.42. The van der Waals surface area contributed by atoms with Crippen LogP contribution in [0.15, 0.2) is 40.9 Å². The van der Waals surface area contributed by atoms with E-state index in [4.69, 9.17) is 9.47 Å². The molecule has 0 aliphatic heterocycles. The molecule has 0 bridgehead atoms. The number of nitrogens with one attached hydrogen (secondary N) is 1. The zero-order valence-corrected chi connectivity index (χ0v) is 16.8. The van der Waals surface area contributed by atoms with E-state index in [9.17, 15) is 5.11 Å². The topological polar surface area (TPSA) is 50.7 Å². The predicted octanol–water partition coefficient (Wildman–Crippen LogP) is 4.21. The van der Waals surface area contributed by atoms with Gasteiger partial charge in [0, 0.05) is 12.1 Å². The summed E-state index contributed by atoms with van der Waals surface area (Å²) in [7, 11) is 1.63. The quantitative estimate of drug-likeness (QED) is 0.687.